The number of hydrogen-bond acceptors (Lipinski definition) is 3. The number of nitrogens with zero attached hydrogens (tertiary/aromatic N) is 2. The summed E-state index contributed by atoms with van der Waals surface area (Å²) in [7, 11) is 0. The molecule has 0 spiro atoms. The van der Waals surface area contributed by atoms with Crippen LogP contribution >= 0.6 is 0 Å². The van der Waals surface area contributed by atoms with Crippen LogP contribution in [0.1, 0.15) is 45.2 Å². The van der Waals surface area contributed by atoms with Crippen LogP contribution in [0.3, 0.4) is 0 Å². The first-order chi connectivity index (χ1) is 10.9. The number of rotatable bonds is 7. The van der Waals surface area contributed by atoms with Crippen molar-refractivity contribution in [2.24, 2.45) is 5.92 Å². The van der Waals surface area contributed by atoms with Gasteiger partial charge in [0.1, 0.15) is 11.4 Å². The highest BCUT2D eigenvalue weighted by atomic mass is 19.1. The summed E-state index contributed by atoms with van der Waals surface area (Å²) in [5, 5.41) is 12.2. The molecule has 1 amide bonds. The van der Waals surface area contributed by atoms with Crippen molar-refractivity contribution in [1.82, 2.24) is 10.2 Å². The Labute approximate surface area is 137 Å². The normalized spacial score (nSPS) is 18.1. The molecule has 4 nitrogen and oxygen atoms in total. The summed E-state index contributed by atoms with van der Waals surface area (Å²) in [5.74, 6) is -0.145. The fourth-order valence-electron chi connectivity index (χ4n) is 2.87. The van der Waals surface area contributed by atoms with Crippen LogP contribution in [0.15, 0.2) is 24.3 Å². The molecule has 124 valence electrons. The van der Waals surface area contributed by atoms with E-state index in [1.807, 2.05) is 18.7 Å². The summed E-state index contributed by atoms with van der Waals surface area (Å²) in [6.07, 6.45) is 1.99. The zero-order valence-corrected chi connectivity index (χ0v) is 14.0. The van der Waals surface area contributed by atoms with Crippen LogP contribution in [-0.4, -0.2) is 29.4 Å². The lowest BCUT2D eigenvalue weighted by Crippen LogP contribution is -2.50. The van der Waals surface area contributed by atoms with Gasteiger partial charge in [-0.05, 0) is 56.8 Å². The zero-order chi connectivity index (χ0) is 17.0. The zero-order valence-electron chi connectivity index (χ0n) is 14.0. The van der Waals surface area contributed by atoms with Crippen molar-refractivity contribution in [2.45, 2.75) is 45.2 Å². The highest BCUT2D eigenvalue weighted by molar-refractivity contribution is 5.79. The van der Waals surface area contributed by atoms with Crippen LogP contribution in [0.5, 0.6) is 0 Å². The van der Waals surface area contributed by atoms with Gasteiger partial charge in [0.25, 0.3) is 0 Å². The Morgan fingerprint density at radius 1 is 1.48 bits per heavy atom. The Morgan fingerprint density at radius 2 is 2.09 bits per heavy atom. The van der Waals surface area contributed by atoms with Gasteiger partial charge < -0.3 is 5.32 Å². The Bertz CT molecular complexity index is 591. The molecule has 2 rings (SSSR count). The van der Waals surface area contributed by atoms with Crippen molar-refractivity contribution in [2.75, 3.05) is 13.1 Å². The first-order valence-corrected chi connectivity index (χ1v) is 8.11. The fourth-order valence-corrected chi connectivity index (χ4v) is 2.87. The second-order valence-electron chi connectivity index (χ2n) is 6.43. The molecule has 0 aromatic heterocycles. The van der Waals surface area contributed by atoms with E-state index in [0.717, 1.165) is 18.4 Å². The van der Waals surface area contributed by atoms with Gasteiger partial charge in [0.05, 0.1) is 12.6 Å². The van der Waals surface area contributed by atoms with Crippen LogP contribution in [0, 0.1) is 23.1 Å². The SMILES string of the molecule is CCN(CC(=O)N[C@@](C)(C#N)C1CC1)[C@@H](C)c1ccc(F)cc1. The number of nitrogens with one attached hydrogen (secondary N) is 1. The number of nitriles is 1. The minimum atomic E-state index is -0.768. The predicted octanol–water partition coefficient (Wildman–Crippen LogP) is 3.02. The van der Waals surface area contributed by atoms with Crippen molar-refractivity contribution < 1.29 is 9.18 Å². The molecule has 1 saturated carbocycles. The Hall–Kier alpha value is -1.93. The molecule has 0 radical (unpaired) electrons. The molecule has 1 aliphatic rings. The summed E-state index contributed by atoms with van der Waals surface area (Å²) in [5.41, 5.74) is 0.196. The molecule has 0 unspecified atom stereocenters. The van der Waals surface area contributed by atoms with E-state index >= 15 is 0 Å². The maximum atomic E-state index is 13.0. The molecule has 0 heterocycles. The van der Waals surface area contributed by atoms with Gasteiger partial charge in [-0.1, -0.05) is 19.1 Å². The summed E-state index contributed by atoms with van der Waals surface area (Å²) in [4.78, 5) is 14.4. The van der Waals surface area contributed by atoms with Crippen molar-refractivity contribution in [3.63, 3.8) is 0 Å². The third kappa shape index (κ3) is 4.29. The van der Waals surface area contributed by atoms with Crippen LogP contribution in [0.2, 0.25) is 0 Å². The standard InChI is InChI=1S/C18H24FN3O/c1-4-22(13(2)14-5-9-16(19)10-6-14)11-17(23)21-18(3,12-20)15-7-8-15/h5-6,9-10,13,15H,4,7-8,11H2,1-3H3,(H,21,23)/t13-,18-/m0/s1. The third-order valence-electron chi connectivity index (χ3n) is 4.68. The van der Waals surface area contributed by atoms with Crippen LogP contribution in [0.25, 0.3) is 0 Å². The largest absolute Gasteiger partial charge is 0.337 e. The Balaban J connectivity index is 1.99. The number of amides is 1. The summed E-state index contributed by atoms with van der Waals surface area (Å²) in [6.45, 7) is 6.69. The van der Waals surface area contributed by atoms with E-state index in [2.05, 4.69) is 11.4 Å². The van der Waals surface area contributed by atoms with Crippen molar-refractivity contribution in [1.29, 1.82) is 5.26 Å². The third-order valence-corrected chi connectivity index (χ3v) is 4.68. The predicted molar refractivity (Wildman–Crippen MR) is 86.9 cm³/mol. The second kappa shape index (κ2) is 7.10. The number of carbonyl (C=O) groups excluding carboxylic acids is 1. The maximum absolute atomic E-state index is 13.0. The number of carbonyl (C=O) groups is 1. The van der Waals surface area contributed by atoms with E-state index in [1.165, 1.54) is 12.1 Å². The summed E-state index contributed by atoms with van der Waals surface area (Å²) < 4.78 is 13.0. The first kappa shape index (κ1) is 17.4. The van der Waals surface area contributed by atoms with E-state index in [9.17, 15) is 14.4 Å². The number of hydrogen-bond donors (Lipinski definition) is 1. The van der Waals surface area contributed by atoms with E-state index < -0.39 is 5.54 Å². The molecule has 1 N–H and O–H groups in total. The molecule has 1 fully saturated rings. The quantitative estimate of drug-likeness (QED) is 0.841. The minimum Gasteiger partial charge on any atom is -0.337 e. The van der Waals surface area contributed by atoms with Crippen LogP contribution in [0.4, 0.5) is 4.39 Å². The van der Waals surface area contributed by atoms with Gasteiger partial charge in [-0.25, -0.2) is 4.39 Å². The van der Waals surface area contributed by atoms with Gasteiger partial charge in [0.2, 0.25) is 5.91 Å². The van der Waals surface area contributed by atoms with E-state index in [-0.39, 0.29) is 30.2 Å². The van der Waals surface area contributed by atoms with E-state index in [0.29, 0.717) is 6.54 Å². The van der Waals surface area contributed by atoms with Gasteiger partial charge in [-0.2, -0.15) is 5.26 Å². The Morgan fingerprint density at radius 3 is 2.57 bits per heavy atom. The van der Waals surface area contributed by atoms with Gasteiger partial charge >= 0.3 is 0 Å². The summed E-state index contributed by atoms with van der Waals surface area (Å²) in [6, 6.07) is 8.58. The molecule has 1 aliphatic carbocycles. The first-order valence-electron chi connectivity index (χ1n) is 8.11. The molecule has 5 heteroatoms. The van der Waals surface area contributed by atoms with Crippen LogP contribution in [-0.2, 0) is 4.79 Å². The van der Waals surface area contributed by atoms with Crippen molar-refractivity contribution >= 4 is 5.91 Å². The monoisotopic (exact) mass is 317 g/mol. The lowest BCUT2D eigenvalue weighted by atomic mass is 9.98. The van der Waals surface area contributed by atoms with E-state index in [1.54, 1.807) is 19.1 Å². The molecular weight excluding hydrogens is 293 g/mol. The van der Waals surface area contributed by atoms with Gasteiger partial charge in [-0.3, -0.25) is 9.69 Å². The molecule has 0 bridgehead atoms. The molecular formula is C18H24FN3O. The minimum absolute atomic E-state index is 0.000571. The second-order valence-corrected chi connectivity index (χ2v) is 6.43. The van der Waals surface area contributed by atoms with Gasteiger partial charge in [0, 0.05) is 6.04 Å². The smallest absolute Gasteiger partial charge is 0.235 e. The average Bonchev–Trinajstić information content (AvgIpc) is 3.38. The maximum Gasteiger partial charge on any atom is 0.235 e. The summed E-state index contributed by atoms with van der Waals surface area (Å²) >= 11 is 0. The molecule has 23 heavy (non-hydrogen) atoms. The topological polar surface area (TPSA) is 56.1 Å². The molecule has 0 aliphatic heterocycles. The molecule has 1 aromatic carbocycles. The van der Waals surface area contributed by atoms with E-state index in [4.69, 9.17) is 0 Å². The molecule has 1 aromatic rings. The number of benzene rings is 1. The number of halogens is 1. The fraction of sp³-hybridized carbons (Fsp3) is 0.556. The number of likely N-dealkylation sites (N-methyl/N-ethyl adjacent to an activating group) is 1. The molecule has 0 saturated heterocycles. The average molecular weight is 317 g/mol. The van der Waals surface area contributed by atoms with Gasteiger partial charge in [-0.15, -0.1) is 0 Å². The highest BCUT2D eigenvalue weighted by Crippen LogP contribution is 2.39. The molecule has 2 atom stereocenters. The van der Waals surface area contributed by atoms with Crippen molar-refractivity contribution in [3.05, 3.63) is 35.6 Å². The lowest BCUT2D eigenvalue weighted by molar-refractivity contribution is -0.124. The highest BCUT2D eigenvalue weighted by Gasteiger charge is 2.43. The van der Waals surface area contributed by atoms with Gasteiger partial charge in [0.15, 0.2) is 0 Å². The van der Waals surface area contributed by atoms with Crippen molar-refractivity contribution in [3.8, 4) is 6.07 Å². The Kier molecular flexibility index (Phi) is 5.38. The van der Waals surface area contributed by atoms with Crippen LogP contribution < -0.4 is 5.32 Å². The lowest BCUT2D eigenvalue weighted by Gasteiger charge is -2.30.